The average Bonchev–Trinajstić information content (AvgIpc) is 3.57. The van der Waals surface area contributed by atoms with Gasteiger partial charge in [-0.05, 0) is 82.1 Å². The van der Waals surface area contributed by atoms with E-state index in [0.717, 1.165) is 65.3 Å². The van der Waals surface area contributed by atoms with Gasteiger partial charge in [0.1, 0.15) is 10.7 Å². The third kappa shape index (κ3) is 5.73. The lowest BCUT2D eigenvalue weighted by Gasteiger charge is -2.29. The van der Waals surface area contributed by atoms with Crippen molar-refractivity contribution in [1.29, 1.82) is 0 Å². The Morgan fingerprint density at radius 1 is 1.05 bits per heavy atom. The van der Waals surface area contributed by atoms with Crippen LogP contribution < -0.4 is 0 Å². The van der Waals surface area contributed by atoms with Crippen molar-refractivity contribution in [3.8, 4) is 33.1 Å². The van der Waals surface area contributed by atoms with E-state index in [1.807, 2.05) is 100 Å². The number of esters is 1. The smallest absolute Gasteiger partial charge is 0.339 e. The summed E-state index contributed by atoms with van der Waals surface area (Å²) in [7, 11) is 1.94. The highest BCUT2D eigenvalue weighted by molar-refractivity contribution is 7.22. The zero-order valence-corrected chi connectivity index (χ0v) is 27.1. The number of rotatable bonds is 7. The molecule has 0 bridgehead atoms. The molecule has 0 radical (unpaired) electrons. The molecule has 3 aromatic heterocycles. The van der Waals surface area contributed by atoms with E-state index in [4.69, 9.17) is 31.2 Å². The van der Waals surface area contributed by atoms with E-state index in [1.165, 1.54) is 0 Å². The SMILES string of the molecule is CCOC(=O)C(OC(C)(C)C)c1c(C)cc2nc(-c3ccnc(-c4nn(C)c5ccccc45)c3)sc2c1-c1ccc(Cl)cc1. The predicted molar refractivity (Wildman–Crippen MR) is 178 cm³/mol. The molecule has 0 aliphatic rings. The molecular formula is C35H33ClN4O3S. The second-order valence-corrected chi connectivity index (χ2v) is 13.1. The van der Waals surface area contributed by atoms with Crippen LogP contribution in [0.3, 0.4) is 0 Å². The van der Waals surface area contributed by atoms with E-state index in [2.05, 4.69) is 11.1 Å². The van der Waals surface area contributed by atoms with Gasteiger partial charge in [-0.1, -0.05) is 41.9 Å². The highest BCUT2D eigenvalue weighted by Crippen LogP contribution is 2.45. The summed E-state index contributed by atoms with van der Waals surface area (Å²) in [6, 6.07) is 21.8. The maximum atomic E-state index is 13.4. The topological polar surface area (TPSA) is 79.1 Å². The largest absolute Gasteiger partial charge is 0.464 e. The van der Waals surface area contributed by atoms with Crippen LogP contribution in [0.4, 0.5) is 0 Å². The third-order valence-corrected chi connectivity index (χ3v) is 8.69. The summed E-state index contributed by atoms with van der Waals surface area (Å²) in [6.45, 7) is 9.85. The summed E-state index contributed by atoms with van der Waals surface area (Å²) in [4.78, 5) is 23.2. The number of para-hydroxylation sites is 1. The van der Waals surface area contributed by atoms with Crippen molar-refractivity contribution in [3.63, 3.8) is 0 Å². The number of hydrogen-bond donors (Lipinski definition) is 0. The number of aryl methyl sites for hydroxylation is 2. The summed E-state index contributed by atoms with van der Waals surface area (Å²) in [5.41, 5.74) is 7.24. The van der Waals surface area contributed by atoms with Gasteiger partial charge in [0, 0.05) is 40.3 Å². The lowest BCUT2D eigenvalue weighted by atomic mass is 9.91. The molecule has 44 heavy (non-hydrogen) atoms. The molecule has 0 N–H and O–H groups in total. The van der Waals surface area contributed by atoms with Crippen LogP contribution in [0.2, 0.25) is 5.02 Å². The number of nitrogens with zero attached hydrogens (tertiary/aromatic N) is 4. The molecule has 6 aromatic rings. The van der Waals surface area contributed by atoms with Gasteiger partial charge in [0.25, 0.3) is 0 Å². The van der Waals surface area contributed by atoms with Gasteiger partial charge in [-0.15, -0.1) is 11.3 Å². The Morgan fingerprint density at radius 3 is 2.52 bits per heavy atom. The van der Waals surface area contributed by atoms with Crippen LogP contribution in [0.25, 0.3) is 54.2 Å². The monoisotopic (exact) mass is 624 g/mol. The Labute approximate surface area is 265 Å². The van der Waals surface area contributed by atoms with Gasteiger partial charge in [0.05, 0.1) is 33.6 Å². The third-order valence-electron chi connectivity index (χ3n) is 7.30. The number of pyridine rings is 1. The lowest BCUT2D eigenvalue weighted by molar-refractivity contribution is -0.166. The number of benzene rings is 3. The maximum absolute atomic E-state index is 13.4. The van der Waals surface area contributed by atoms with E-state index in [-0.39, 0.29) is 6.61 Å². The van der Waals surface area contributed by atoms with E-state index >= 15 is 0 Å². The molecule has 0 fully saturated rings. The molecule has 6 rings (SSSR count). The first-order valence-corrected chi connectivity index (χ1v) is 15.7. The van der Waals surface area contributed by atoms with E-state index < -0.39 is 17.7 Å². The fourth-order valence-electron chi connectivity index (χ4n) is 5.47. The molecule has 7 nitrogen and oxygen atoms in total. The molecule has 0 saturated carbocycles. The number of fused-ring (bicyclic) bond motifs is 2. The molecule has 1 atom stereocenters. The minimum absolute atomic E-state index is 0.251. The summed E-state index contributed by atoms with van der Waals surface area (Å²) in [5, 5.41) is 7.27. The molecule has 0 aliphatic heterocycles. The molecular weight excluding hydrogens is 592 g/mol. The fourth-order valence-corrected chi connectivity index (χ4v) is 6.72. The van der Waals surface area contributed by atoms with Crippen molar-refractivity contribution in [2.24, 2.45) is 7.05 Å². The molecule has 224 valence electrons. The first-order chi connectivity index (χ1) is 21.0. The van der Waals surface area contributed by atoms with Crippen molar-refractivity contribution in [2.45, 2.75) is 46.3 Å². The molecule has 0 amide bonds. The number of ether oxygens (including phenoxy) is 2. The van der Waals surface area contributed by atoms with Gasteiger partial charge in [-0.2, -0.15) is 5.10 Å². The highest BCUT2D eigenvalue weighted by atomic mass is 35.5. The first-order valence-electron chi connectivity index (χ1n) is 14.5. The second kappa shape index (κ2) is 11.8. The molecule has 1 unspecified atom stereocenters. The van der Waals surface area contributed by atoms with Crippen LogP contribution in [-0.2, 0) is 21.3 Å². The fraction of sp³-hybridized carbons (Fsp3) is 0.257. The number of carbonyl (C=O) groups is 1. The molecule has 0 spiro atoms. The predicted octanol–water partition coefficient (Wildman–Crippen LogP) is 8.96. The van der Waals surface area contributed by atoms with Gasteiger partial charge in [-0.3, -0.25) is 9.67 Å². The Hall–Kier alpha value is -4.11. The van der Waals surface area contributed by atoms with Crippen molar-refractivity contribution in [3.05, 3.63) is 89.1 Å². The quantitative estimate of drug-likeness (QED) is 0.165. The van der Waals surface area contributed by atoms with Gasteiger partial charge in [-0.25, -0.2) is 9.78 Å². The standard InChI is InChI=1S/C35H33ClN4O3S/c1-7-42-34(41)31(43-35(3,4)5)28-20(2)18-26-32(29(28)21-12-14-23(36)15-13-21)44-33(38-26)22-16-17-37-25(19-22)30-24-10-8-9-11-27(24)40(6)39-30/h8-19,31H,7H2,1-6H3. The van der Waals surface area contributed by atoms with Gasteiger partial charge < -0.3 is 9.47 Å². The zero-order valence-electron chi connectivity index (χ0n) is 25.5. The van der Waals surface area contributed by atoms with Crippen LogP contribution in [0.15, 0.2) is 72.9 Å². The van der Waals surface area contributed by atoms with Crippen molar-refractivity contribution in [1.82, 2.24) is 19.7 Å². The first kappa shape index (κ1) is 29.9. The Bertz CT molecular complexity index is 2010. The highest BCUT2D eigenvalue weighted by Gasteiger charge is 2.33. The normalized spacial score (nSPS) is 12.6. The lowest BCUT2D eigenvalue weighted by Crippen LogP contribution is -2.29. The van der Waals surface area contributed by atoms with Crippen molar-refractivity contribution in [2.75, 3.05) is 6.61 Å². The van der Waals surface area contributed by atoms with Crippen molar-refractivity contribution >= 4 is 50.0 Å². The zero-order chi connectivity index (χ0) is 31.2. The Morgan fingerprint density at radius 2 is 1.80 bits per heavy atom. The van der Waals surface area contributed by atoms with Crippen LogP contribution in [0, 0.1) is 6.92 Å². The number of hydrogen-bond acceptors (Lipinski definition) is 7. The van der Waals surface area contributed by atoms with Gasteiger partial charge >= 0.3 is 5.97 Å². The number of halogens is 1. The Kier molecular flexibility index (Phi) is 8.01. The molecule has 9 heteroatoms. The van der Waals surface area contributed by atoms with E-state index in [1.54, 1.807) is 24.5 Å². The van der Waals surface area contributed by atoms with Gasteiger partial charge in [0.2, 0.25) is 0 Å². The molecule has 3 aromatic carbocycles. The summed E-state index contributed by atoms with van der Waals surface area (Å²) >= 11 is 7.86. The summed E-state index contributed by atoms with van der Waals surface area (Å²) in [5.74, 6) is -0.425. The summed E-state index contributed by atoms with van der Waals surface area (Å²) in [6.07, 6.45) is 0.867. The van der Waals surface area contributed by atoms with Crippen molar-refractivity contribution < 1.29 is 14.3 Å². The minimum Gasteiger partial charge on any atom is -0.464 e. The van der Waals surface area contributed by atoms with Crippen LogP contribution >= 0.6 is 22.9 Å². The van der Waals surface area contributed by atoms with Gasteiger partial charge in [0.15, 0.2) is 6.10 Å². The van der Waals surface area contributed by atoms with Crippen LogP contribution in [0.1, 0.15) is 44.9 Å². The maximum Gasteiger partial charge on any atom is 0.339 e. The number of aromatic nitrogens is 4. The molecule has 3 heterocycles. The second-order valence-electron chi connectivity index (χ2n) is 11.6. The summed E-state index contributed by atoms with van der Waals surface area (Å²) < 4.78 is 14.8. The van der Waals surface area contributed by atoms with E-state index in [0.29, 0.717) is 5.02 Å². The molecule has 0 saturated heterocycles. The number of thiazole rings is 1. The molecule has 0 aliphatic carbocycles. The average molecular weight is 625 g/mol. The van der Waals surface area contributed by atoms with Crippen LogP contribution in [0.5, 0.6) is 0 Å². The minimum atomic E-state index is -0.930. The Balaban J connectivity index is 1.56. The van der Waals surface area contributed by atoms with E-state index in [9.17, 15) is 4.79 Å². The number of carbonyl (C=O) groups excluding carboxylic acids is 1. The van der Waals surface area contributed by atoms with Crippen LogP contribution in [-0.4, -0.2) is 37.9 Å².